The van der Waals surface area contributed by atoms with Crippen molar-refractivity contribution in [1.82, 2.24) is 10.3 Å². The van der Waals surface area contributed by atoms with E-state index in [4.69, 9.17) is 0 Å². The van der Waals surface area contributed by atoms with Crippen LogP contribution in [0.1, 0.15) is 25.5 Å². The quantitative estimate of drug-likeness (QED) is 0.801. The summed E-state index contributed by atoms with van der Waals surface area (Å²) in [4.78, 5) is 17.4. The second kappa shape index (κ2) is 7.96. The molecule has 1 aromatic carbocycles. The molecule has 1 heterocycles. The maximum atomic E-state index is 12.2. The number of hydrogen-bond acceptors (Lipinski definition) is 4. The SMILES string of the molecule is CSc1ccc(NC(=O)[C@H](C)N[C@@H](C)c2ccncc2)cc1. The van der Waals surface area contributed by atoms with E-state index in [9.17, 15) is 4.79 Å². The Morgan fingerprint density at radius 2 is 1.73 bits per heavy atom. The number of carbonyl (C=O) groups is 1. The zero-order valence-corrected chi connectivity index (χ0v) is 13.9. The monoisotopic (exact) mass is 315 g/mol. The molecule has 1 aromatic heterocycles. The first kappa shape index (κ1) is 16.5. The molecule has 2 rings (SSSR count). The molecule has 0 aliphatic rings. The molecular weight excluding hydrogens is 294 g/mol. The third kappa shape index (κ3) is 4.58. The molecule has 2 N–H and O–H groups in total. The van der Waals surface area contributed by atoms with Gasteiger partial charge in [-0.05, 0) is 62.1 Å². The molecule has 0 bridgehead atoms. The first-order chi connectivity index (χ1) is 10.6. The molecule has 0 aliphatic heterocycles. The van der Waals surface area contributed by atoms with Crippen molar-refractivity contribution >= 4 is 23.4 Å². The number of pyridine rings is 1. The number of amides is 1. The highest BCUT2D eigenvalue weighted by Crippen LogP contribution is 2.18. The van der Waals surface area contributed by atoms with Crippen LogP contribution in [0.5, 0.6) is 0 Å². The summed E-state index contributed by atoms with van der Waals surface area (Å²) in [5.41, 5.74) is 1.92. The molecule has 2 atom stereocenters. The topological polar surface area (TPSA) is 54.0 Å². The number of aromatic nitrogens is 1. The van der Waals surface area contributed by atoms with Crippen LogP contribution >= 0.6 is 11.8 Å². The van der Waals surface area contributed by atoms with Gasteiger partial charge in [-0.1, -0.05) is 0 Å². The van der Waals surface area contributed by atoms with Crippen molar-refractivity contribution in [2.24, 2.45) is 0 Å². The summed E-state index contributed by atoms with van der Waals surface area (Å²) >= 11 is 1.68. The van der Waals surface area contributed by atoms with E-state index in [2.05, 4.69) is 15.6 Å². The third-order valence-corrected chi connectivity index (χ3v) is 4.20. The van der Waals surface area contributed by atoms with Crippen LogP contribution in [0.4, 0.5) is 5.69 Å². The van der Waals surface area contributed by atoms with Crippen molar-refractivity contribution < 1.29 is 4.79 Å². The maximum absolute atomic E-state index is 12.2. The highest BCUT2D eigenvalue weighted by atomic mass is 32.2. The van der Waals surface area contributed by atoms with Crippen LogP contribution < -0.4 is 10.6 Å². The summed E-state index contributed by atoms with van der Waals surface area (Å²) < 4.78 is 0. The van der Waals surface area contributed by atoms with E-state index >= 15 is 0 Å². The first-order valence-electron chi connectivity index (χ1n) is 7.21. The minimum absolute atomic E-state index is 0.0437. The summed E-state index contributed by atoms with van der Waals surface area (Å²) in [7, 11) is 0. The van der Waals surface area contributed by atoms with Gasteiger partial charge in [-0.2, -0.15) is 0 Å². The van der Waals surface area contributed by atoms with Gasteiger partial charge < -0.3 is 5.32 Å². The Kier molecular flexibility index (Phi) is 5.98. The van der Waals surface area contributed by atoms with Crippen LogP contribution in [0.15, 0.2) is 53.7 Å². The van der Waals surface area contributed by atoms with Gasteiger partial charge in [-0.15, -0.1) is 11.8 Å². The summed E-state index contributed by atoms with van der Waals surface area (Å²) in [6, 6.07) is 11.5. The Balaban J connectivity index is 1.91. The lowest BCUT2D eigenvalue weighted by molar-refractivity contribution is -0.117. The van der Waals surface area contributed by atoms with E-state index in [0.29, 0.717) is 0 Å². The fourth-order valence-electron chi connectivity index (χ4n) is 2.12. The number of nitrogens with one attached hydrogen (secondary N) is 2. The normalized spacial score (nSPS) is 13.4. The van der Waals surface area contributed by atoms with E-state index in [1.807, 2.05) is 56.5 Å². The van der Waals surface area contributed by atoms with Gasteiger partial charge in [-0.3, -0.25) is 15.1 Å². The fourth-order valence-corrected chi connectivity index (χ4v) is 2.53. The Hall–Kier alpha value is -1.85. The van der Waals surface area contributed by atoms with Gasteiger partial charge in [0.1, 0.15) is 0 Å². The van der Waals surface area contributed by atoms with Gasteiger partial charge in [0.2, 0.25) is 5.91 Å². The fraction of sp³-hybridized carbons (Fsp3) is 0.294. The highest BCUT2D eigenvalue weighted by Gasteiger charge is 2.16. The molecule has 0 saturated heterocycles. The Bertz CT molecular complexity index is 601. The van der Waals surface area contributed by atoms with E-state index in [1.165, 1.54) is 4.90 Å². The second-order valence-electron chi connectivity index (χ2n) is 5.11. The molecule has 1 amide bonds. The molecule has 5 heteroatoms. The number of thioether (sulfide) groups is 1. The molecule has 4 nitrogen and oxygen atoms in total. The zero-order valence-electron chi connectivity index (χ0n) is 13.0. The first-order valence-corrected chi connectivity index (χ1v) is 8.43. The molecule has 0 unspecified atom stereocenters. The smallest absolute Gasteiger partial charge is 0.241 e. The number of hydrogen-bond donors (Lipinski definition) is 2. The lowest BCUT2D eigenvalue weighted by Crippen LogP contribution is -2.39. The lowest BCUT2D eigenvalue weighted by atomic mass is 10.1. The number of nitrogens with zero attached hydrogens (tertiary/aromatic N) is 1. The Labute approximate surface area is 135 Å². The molecule has 0 aliphatic carbocycles. The third-order valence-electron chi connectivity index (χ3n) is 3.46. The van der Waals surface area contributed by atoms with Gasteiger partial charge in [0.25, 0.3) is 0 Å². The number of carbonyl (C=O) groups excluding carboxylic acids is 1. The standard InChI is InChI=1S/C17H21N3OS/c1-12(14-8-10-18-11-9-14)19-13(2)17(21)20-15-4-6-16(22-3)7-5-15/h4-13,19H,1-3H3,(H,20,21)/t12-,13-/m0/s1. The predicted octanol–water partition coefficient (Wildman–Crippen LogP) is 3.48. The summed E-state index contributed by atoms with van der Waals surface area (Å²) in [6.45, 7) is 3.90. The Morgan fingerprint density at radius 3 is 2.32 bits per heavy atom. The summed E-state index contributed by atoms with van der Waals surface area (Å²) in [5, 5.41) is 6.22. The second-order valence-corrected chi connectivity index (χ2v) is 5.99. The molecule has 0 fully saturated rings. The van der Waals surface area contributed by atoms with E-state index in [1.54, 1.807) is 24.2 Å². The van der Waals surface area contributed by atoms with E-state index in [0.717, 1.165) is 11.3 Å². The summed E-state index contributed by atoms with van der Waals surface area (Å²) in [5.74, 6) is -0.0437. The predicted molar refractivity (Wildman–Crippen MR) is 92.1 cm³/mol. The van der Waals surface area contributed by atoms with Crippen LogP contribution in [0.3, 0.4) is 0 Å². The van der Waals surface area contributed by atoms with Crippen molar-refractivity contribution in [2.75, 3.05) is 11.6 Å². The van der Waals surface area contributed by atoms with Gasteiger partial charge >= 0.3 is 0 Å². The number of anilines is 1. The lowest BCUT2D eigenvalue weighted by Gasteiger charge is -2.20. The van der Waals surface area contributed by atoms with Gasteiger partial charge in [0, 0.05) is 29.0 Å². The average molecular weight is 315 g/mol. The van der Waals surface area contributed by atoms with E-state index < -0.39 is 0 Å². The molecule has 0 radical (unpaired) electrons. The minimum atomic E-state index is -0.289. The van der Waals surface area contributed by atoms with E-state index in [-0.39, 0.29) is 18.0 Å². The van der Waals surface area contributed by atoms with Crippen LogP contribution in [0, 0.1) is 0 Å². The number of rotatable bonds is 6. The molecular formula is C17H21N3OS. The summed E-state index contributed by atoms with van der Waals surface area (Å²) in [6.07, 6.45) is 5.54. The largest absolute Gasteiger partial charge is 0.325 e. The van der Waals surface area contributed by atoms with Gasteiger partial charge in [-0.25, -0.2) is 0 Å². The van der Waals surface area contributed by atoms with Gasteiger partial charge in [0.15, 0.2) is 0 Å². The average Bonchev–Trinajstić information content (AvgIpc) is 2.56. The molecule has 0 spiro atoms. The van der Waals surface area contributed by atoms with Crippen molar-refractivity contribution in [3.8, 4) is 0 Å². The van der Waals surface area contributed by atoms with Crippen LogP contribution in [0.2, 0.25) is 0 Å². The number of benzene rings is 1. The minimum Gasteiger partial charge on any atom is -0.325 e. The molecule has 0 saturated carbocycles. The maximum Gasteiger partial charge on any atom is 0.241 e. The molecule has 116 valence electrons. The zero-order chi connectivity index (χ0) is 15.9. The van der Waals surface area contributed by atoms with Crippen LogP contribution in [0.25, 0.3) is 0 Å². The van der Waals surface area contributed by atoms with Crippen molar-refractivity contribution in [3.05, 3.63) is 54.4 Å². The van der Waals surface area contributed by atoms with Crippen molar-refractivity contribution in [1.29, 1.82) is 0 Å². The Morgan fingerprint density at radius 1 is 1.09 bits per heavy atom. The van der Waals surface area contributed by atoms with Crippen LogP contribution in [-0.4, -0.2) is 23.2 Å². The van der Waals surface area contributed by atoms with Gasteiger partial charge in [0.05, 0.1) is 6.04 Å². The van der Waals surface area contributed by atoms with Crippen molar-refractivity contribution in [2.45, 2.75) is 30.8 Å². The molecule has 2 aromatic rings. The molecule has 22 heavy (non-hydrogen) atoms. The van der Waals surface area contributed by atoms with Crippen molar-refractivity contribution in [3.63, 3.8) is 0 Å². The highest BCUT2D eigenvalue weighted by molar-refractivity contribution is 7.98. The van der Waals surface area contributed by atoms with Crippen LogP contribution in [-0.2, 0) is 4.79 Å².